The van der Waals surface area contributed by atoms with Gasteiger partial charge in [0.25, 0.3) is 0 Å². The number of halogens is 1. The monoisotopic (exact) mass is 264 g/mol. The van der Waals surface area contributed by atoms with Crippen molar-refractivity contribution in [3.63, 3.8) is 0 Å². The summed E-state index contributed by atoms with van der Waals surface area (Å²) in [6, 6.07) is 8.25. The number of H-pyrrole nitrogens is 1. The Morgan fingerprint density at radius 2 is 2.20 bits per heavy atom. The number of nitrogens with one attached hydrogen (secondary N) is 2. The molecule has 1 aromatic heterocycles. The van der Waals surface area contributed by atoms with E-state index in [2.05, 4.69) is 51.4 Å². The van der Waals surface area contributed by atoms with Gasteiger partial charge in [-0.1, -0.05) is 22.0 Å². The Labute approximate surface area is 97.8 Å². The van der Waals surface area contributed by atoms with Gasteiger partial charge in [-0.25, -0.2) is 0 Å². The van der Waals surface area contributed by atoms with E-state index < -0.39 is 0 Å². The molecule has 2 aromatic rings. The van der Waals surface area contributed by atoms with Crippen molar-refractivity contribution < 1.29 is 0 Å². The molecule has 0 saturated heterocycles. The number of hydrogen-bond acceptors (Lipinski definition) is 1. The van der Waals surface area contributed by atoms with Crippen molar-refractivity contribution in [2.24, 2.45) is 0 Å². The molecule has 0 fully saturated rings. The van der Waals surface area contributed by atoms with Crippen molar-refractivity contribution in [2.75, 3.05) is 5.32 Å². The summed E-state index contributed by atoms with van der Waals surface area (Å²) in [4.78, 5) is 3.04. The van der Waals surface area contributed by atoms with Crippen molar-refractivity contribution in [1.29, 1.82) is 0 Å². The van der Waals surface area contributed by atoms with Gasteiger partial charge in [0.15, 0.2) is 0 Å². The second-order valence-corrected chi connectivity index (χ2v) is 4.34. The normalized spacial score (nSPS) is 10.3. The Kier molecular flexibility index (Phi) is 3.11. The minimum atomic E-state index is 0.848. The first-order valence-corrected chi connectivity index (χ1v) is 5.67. The molecule has 0 saturated carbocycles. The van der Waals surface area contributed by atoms with E-state index in [0.717, 1.165) is 11.0 Å². The highest BCUT2D eigenvalue weighted by atomic mass is 79.9. The van der Waals surface area contributed by atoms with Crippen LogP contribution in [-0.4, -0.2) is 4.98 Å². The number of anilines is 1. The molecule has 0 unspecified atom stereocenters. The first-order valence-electron chi connectivity index (χ1n) is 4.88. The van der Waals surface area contributed by atoms with E-state index in [9.17, 15) is 0 Å². The van der Waals surface area contributed by atoms with E-state index in [1.165, 1.54) is 16.8 Å². The molecule has 3 heteroatoms. The van der Waals surface area contributed by atoms with E-state index in [-0.39, 0.29) is 0 Å². The van der Waals surface area contributed by atoms with Crippen LogP contribution in [0.25, 0.3) is 0 Å². The Bertz CT molecular complexity index is 435. The quantitative estimate of drug-likeness (QED) is 0.870. The molecule has 0 aliphatic carbocycles. The molecule has 2 rings (SSSR count). The van der Waals surface area contributed by atoms with Gasteiger partial charge in [-0.2, -0.15) is 0 Å². The van der Waals surface area contributed by atoms with Crippen LogP contribution in [0.15, 0.2) is 41.1 Å². The largest absolute Gasteiger partial charge is 0.381 e. The van der Waals surface area contributed by atoms with Crippen LogP contribution in [-0.2, 0) is 6.54 Å². The molecule has 15 heavy (non-hydrogen) atoms. The van der Waals surface area contributed by atoms with Crippen LogP contribution in [0, 0.1) is 6.92 Å². The van der Waals surface area contributed by atoms with Crippen LogP contribution in [0.1, 0.15) is 11.1 Å². The zero-order valence-electron chi connectivity index (χ0n) is 8.55. The zero-order valence-corrected chi connectivity index (χ0v) is 10.1. The highest BCUT2D eigenvalue weighted by Gasteiger charge is 2.00. The molecule has 1 heterocycles. The lowest BCUT2D eigenvalue weighted by molar-refractivity contribution is 1.14. The summed E-state index contributed by atoms with van der Waals surface area (Å²) >= 11 is 3.52. The van der Waals surface area contributed by atoms with Gasteiger partial charge in [-0.15, -0.1) is 0 Å². The van der Waals surface area contributed by atoms with Crippen molar-refractivity contribution in [3.05, 3.63) is 52.3 Å². The summed E-state index contributed by atoms with van der Waals surface area (Å²) < 4.78 is 1.14. The van der Waals surface area contributed by atoms with E-state index in [1.54, 1.807) is 0 Å². The van der Waals surface area contributed by atoms with Crippen LogP contribution in [0.2, 0.25) is 0 Å². The number of rotatable bonds is 3. The van der Waals surface area contributed by atoms with Crippen LogP contribution < -0.4 is 5.32 Å². The van der Waals surface area contributed by atoms with Crippen LogP contribution in [0.3, 0.4) is 0 Å². The first kappa shape index (κ1) is 10.3. The second kappa shape index (κ2) is 4.53. The van der Waals surface area contributed by atoms with Crippen molar-refractivity contribution in [3.8, 4) is 0 Å². The molecule has 0 amide bonds. The van der Waals surface area contributed by atoms with E-state index in [4.69, 9.17) is 0 Å². The molecule has 0 aliphatic rings. The molecular formula is C12H13BrN2. The number of aromatic nitrogens is 1. The van der Waals surface area contributed by atoms with E-state index >= 15 is 0 Å². The molecule has 0 aliphatic heterocycles. The van der Waals surface area contributed by atoms with Gasteiger partial charge in [0.1, 0.15) is 0 Å². The summed E-state index contributed by atoms with van der Waals surface area (Å²) in [5.41, 5.74) is 3.67. The molecule has 0 bridgehead atoms. The molecule has 78 valence electrons. The third kappa shape index (κ3) is 2.42. The summed E-state index contributed by atoms with van der Waals surface area (Å²) in [6.45, 7) is 2.95. The van der Waals surface area contributed by atoms with Gasteiger partial charge in [-0.3, -0.25) is 0 Å². The van der Waals surface area contributed by atoms with Gasteiger partial charge >= 0.3 is 0 Å². The fraction of sp³-hybridized carbons (Fsp3) is 0.167. The standard InChI is InChI=1S/C12H13BrN2/c1-9-11(13)3-2-4-12(9)15-8-10-5-6-14-7-10/h2-7,14-15H,8H2,1H3. The minimum Gasteiger partial charge on any atom is -0.381 e. The maximum atomic E-state index is 3.52. The number of hydrogen-bond donors (Lipinski definition) is 2. The highest BCUT2D eigenvalue weighted by molar-refractivity contribution is 9.10. The van der Waals surface area contributed by atoms with Crippen LogP contribution in [0.4, 0.5) is 5.69 Å². The van der Waals surface area contributed by atoms with Crippen molar-refractivity contribution >= 4 is 21.6 Å². The molecule has 0 spiro atoms. The number of benzene rings is 1. The predicted octanol–water partition coefficient (Wildman–Crippen LogP) is 3.70. The smallest absolute Gasteiger partial charge is 0.0415 e. The van der Waals surface area contributed by atoms with Crippen molar-refractivity contribution in [2.45, 2.75) is 13.5 Å². The van der Waals surface area contributed by atoms with Gasteiger partial charge in [-0.05, 0) is 36.2 Å². The van der Waals surface area contributed by atoms with E-state index in [0.29, 0.717) is 0 Å². The second-order valence-electron chi connectivity index (χ2n) is 3.49. The SMILES string of the molecule is Cc1c(Br)cccc1NCc1cc[nH]c1. The summed E-state index contributed by atoms with van der Waals surface area (Å²) in [5.74, 6) is 0. The summed E-state index contributed by atoms with van der Waals surface area (Å²) in [7, 11) is 0. The molecule has 2 N–H and O–H groups in total. The molecule has 1 aromatic carbocycles. The Balaban J connectivity index is 2.08. The fourth-order valence-electron chi connectivity index (χ4n) is 1.46. The van der Waals surface area contributed by atoms with Crippen molar-refractivity contribution in [1.82, 2.24) is 4.98 Å². The zero-order chi connectivity index (χ0) is 10.7. The number of aromatic amines is 1. The lowest BCUT2D eigenvalue weighted by Gasteiger charge is -2.09. The molecular weight excluding hydrogens is 252 g/mol. The maximum Gasteiger partial charge on any atom is 0.0415 e. The topological polar surface area (TPSA) is 27.8 Å². The van der Waals surface area contributed by atoms with Gasteiger partial charge < -0.3 is 10.3 Å². The Morgan fingerprint density at radius 1 is 1.33 bits per heavy atom. The third-order valence-corrected chi connectivity index (χ3v) is 3.27. The van der Waals surface area contributed by atoms with E-state index in [1.807, 2.05) is 18.5 Å². The lowest BCUT2D eigenvalue weighted by atomic mass is 10.2. The third-order valence-electron chi connectivity index (χ3n) is 2.41. The predicted molar refractivity (Wildman–Crippen MR) is 67.0 cm³/mol. The Morgan fingerprint density at radius 3 is 2.93 bits per heavy atom. The molecule has 2 nitrogen and oxygen atoms in total. The molecule has 0 radical (unpaired) electrons. The first-order chi connectivity index (χ1) is 7.27. The summed E-state index contributed by atoms with van der Waals surface area (Å²) in [6.07, 6.45) is 3.94. The minimum absolute atomic E-state index is 0.848. The van der Waals surface area contributed by atoms with Gasteiger partial charge in [0.2, 0.25) is 0 Å². The average Bonchev–Trinajstić information content (AvgIpc) is 2.73. The highest BCUT2D eigenvalue weighted by Crippen LogP contribution is 2.23. The van der Waals surface area contributed by atoms with Gasteiger partial charge in [0, 0.05) is 29.1 Å². The lowest BCUT2D eigenvalue weighted by Crippen LogP contribution is -2.00. The van der Waals surface area contributed by atoms with Crippen LogP contribution in [0.5, 0.6) is 0 Å². The average molecular weight is 265 g/mol. The van der Waals surface area contributed by atoms with Crippen LogP contribution >= 0.6 is 15.9 Å². The molecule has 0 atom stereocenters. The maximum absolute atomic E-state index is 3.52. The fourth-order valence-corrected chi connectivity index (χ4v) is 1.83. The summed E-state index contributed by atoms with van der Waals surface area (Å²) in [5, 5.41) is 3.41. The van der Waals surface area contributed by atoms with Gasteiger partial charge in [0.05, 0.1) is 0 Å². The Hall–Kier alpha value is -1.22.